The highest BCUT2D eigenvalue weighted by Gasteiger charge is 2.19. The van der Waals surface area contributed by atoms with Crippen molar-refractivity contribution in [3.63, 3.8) is 0 Å². The van der Waals surface area contributed by atoms with Crippen LogP contribution in [0.2, 0.25) is 0 Å². The molecule has 6 heteroatoms. The molecule has 29 heavy (non-hydrogen) atoms. The second-order valence-electron chi connectivity index (χ2n) is 6.95. The Morgan fingerprint density at radius 3 is 2.62 bits per heavy atom. The summed E-state index contributed by atoms with van der Waals surface area (Å²) in [7, 11) is 0. The van der Waals surface area contributed by atoms with E-state index in [-0.39, 0.29) is 11.8 Å². The molecule has 1 N–H and O–H groups in total. The minimum atomic E-state index is -0.184. The number of piperidine rings is 1. The monoisotopic (exact) mass is 396 g/mol. The van der Waals surface area contributed by atoms with E-state index in [4.69, 9.17) is 9.47 Å². The molecule has 1 aliphatic rings. The fourth-order valence-electron chi connectivity index (χ4n) is 3.27. The number of amides is 2. The van der Waals surface area contributed by atoms with Crippen molar-refractivity contribution >= 4 is 23.2 Å². The molecular formula is C23H28N2O4. The summed E-state index contributed by atoms with van der Waals surface area (Å²) in [6.07, 6.45) is 2.56. The maximum atomic E-state index is 12.6. The second kappa shape index (κ2) is 10.7. The number of carbonyl (C=O) groups excluding carboxylic acids is 2. The van der Waals surface area contributed by atoms with Crippen LogP contribution in [0.3, 0.4) is 0 Å². The molecule has 1 saturated heterocycles. The van der Waals surface area contributed by atoms with Crippen LogP contribution in [-0.4, -0.2) is 38.2 Å². The molecule has 1 aliphatic heterocycles. The lowest BCUT2D eigenvalue weighted by Crippen LogP contribution is -2.35. The Morgan fingerprint density at radius 2 is 1.86 bits per heavy atom. The maximum Gasteiger partial charge on any atom is 0.255 e. The van der Waals surface area contributed by atoms with Gasteiger partial charge < -0.3 is 19.7 Å². The predicted molar refractivity (Wildman–Crippen MR) is 113 cm³/mol. The van der Waals surface area contributed by atoms with Crippen LogP contribution in [0.1, 0.15) is 42.1 Å². The van der Waals surface area contributed by atoms with Gasteiger partial charge in [0.15, 0.2) is 0 Å². The van der Waals surface area contributed by atoms with Crippen molar-refractivity contribution in [2.24, 2.45) is 0 Å². The number of nitrogens with zero attached hydrogens (tertiary/aromatic N) is 1. The lowest BCUT2D eigenvalue weighted by atomic mass is 10.1. The Labute approximate surface area is 171 Å². The molecule has 154 valence electrons. The zero-order valence-electron chi connectivity index (χ0n) is 16.9. The van der Waals surface area contributed by atoms with Crippen molar-refractivity contribution in [3.8, 4) is 0 Å². The lowest BCUT2D eigenvalue weighted by Gasteiger charge is -2.26. The van der Waals surface area contributed by atoms with Crippen LogP contribution in [0, 0.1) is 0 Å². The minimum Gasteiger partial charge on any atom is -0.379 e. The first kappa shape index (κ1) is 21.0. The van der Waals surface area contributed by atoms with Gasteiger partial charge in [-0.05, 0) is 61.7 Å². The summed E-state index contributed by atoms with van der Waals surface area (Å²) < 4.78 is 10.8. The van der Waals surface area contributed by atoms with Gasteiger partial charge in [-0.1, -0.05) is 12.1 Å². The van der Waals surface area contributed by atoms with Gasteiger partial charge in [-0.2, -0.15) is 0 Å². The second-order valence-corrected chi connectivity index (χ2v) is 6.95. The summed E-state index contributed by atoms with van der Waals surface area (Å²) in [4.78, 5) is 26.4. The summed E-state index contributed by atoms with van der Waals surface area (Å²) in [6.45, 7) is 4.95. The van der Waals surface area contributed by atoms with Gasteiger partial charge in [0, 0.05) is 36.5 Å². The highest BCUT2D eigenvalue weighted by Crippen LogP contribution is 2.22. The van der Waals surface area contributed by atoms with Crippen LogP contribution < -0.4 is 10.2 Å². The third kappa shape index (κ3) is 6.14. The number of anilines is 2. The Hall–Kier alpha value is -2.70. The molecule has 0 aromatic heterocycles. The summed E-state index contributed by atoms with van der Waals surface area (Å²) in [5.74, 6) is -0.0373. The molecular weight excluding hydrogens is 368 g/mol. The van der Waals surface area contributed by atoms with Gasteiger partial charge in [0.2, 0.25) is 5.91 Å². The largest absolute Gasteiger partial charge is 0.379 e. The highest BCUT2D eigenvalue weighted by atomic mass is 16.5. The minimum absolute atomic E-state index is 0.147. The third-order valence-corrected chi connectivity index (χ3v) is 4.79. The van der Waals surface area contributed by atoms with Crippen molar-refractivity contribution in [2.45, 2.75) is 32.8 Å². The van der Waals surface area contributed by atoms with Crippen molar-refractivity contribution in [1.82, 2.24) is 0 Å². The van der Waals surface area contributed by atoms with Crippen molar-refractivity contribution in [2.75, 3.05) is 36.6 Å². The van der Waals surface area contributed by atoms with E-state index in [0.29, 0.717) is 38.4 Å². The quantitative estimate of drug-likeness (QED) is 0.651. The molecule has 2 aromatic carbocycles. The Bertz CT molecular complexity index is 820. The molecule has 2 aromatic rings. The van der Waals surface area contributed by atoms with E-state index in [0.717, 1.165) is 36.3 Å². The Balaban J connectivity index is 1.55. The molecule has 0 radical (unpaired) electrons. The SMILES string of the molecule is CCOCCOCc1cccc(NC(=O)c2ccc(N3CCCCC3=O)cc2)c1. The summed E-state index contributed by atoms with van der Waals surface area (Å²) >= 11 is 0. The molecule has 0 saturated carbocycles. The van der Waals surface area contributed by atoms with Crippen LogP contribution in [-0.2, 0) is 20.9 Å². The van der Waals surface area contributed by atoms with Crippen LogP contribution in [0.5, 0.6) is 0 Å². The predicted octanol–water partition coefficient (Wildman–Crippen LogP) is 4.01. The number of rotatable bonds is 9. The fraction of sp³-hybridized carbons (Fsp3) is 0.391. The van der Waals surface area contributed by atoms with E-state index in [1.165, 1.54) is 0 Å². The number of benzene rings is 2. The lowest BCUT2D eigenvalue weighted by molar-refractivity contribution is -0.119. The van der Waals surface area contributed by atoms with Gasteiger partial charge in [-0.15, -0.1) is 0 Å². The first-order valence-electron chi connectivity index (χ1n) is 10.1. The van der Waals surface area contributed by atoms with E-state index in [1.54, 1.807) is 17.0 Å². The number of hydrogen-bond acceptors (Lipinski definition) is 4. The molecule has 0 bridgehead atoms. The van der Waals surface area contributed by atoms with E-state index in [9.17, 15) is 9.59 Å². The van der Waals surface area contributed by atoms with E-state index < -0.39 is 0 Å². The normalized spacial score (nSPS) is 14.1. The van der Waals surface area contributed by atoms with Gasteiger partial charge in [0.25, 0.3) is 5.91 Å². The maximum absolute atomic E-state index is 12.6. The van der Waals surface area contributed by atoms with Gasteiger partial charge in [-0.25, -0.2) is 0 Å². The first-order chi connectivity index (χ1) is 14.2. The summed E-state index contributed by atoms with van der Waals surface area (Å²) in [5.41, 5.74) is 3.10. The van der Waals surface area contributed by atoms with E-state index in [2.05, 4.69) is 5.32 Å². The smallest absolute Gasteiger partial charge is 0.255 e. The van der Waals surface area contributed by atoms with Gasteiger partial charge in [0.1, 0.15) is 0 Å². The highest BCUT2D eigenvalue weighted by molar-refractivity contribution is 6.04. The zero-order chi connectivity index (χ0) is 20.5. The van der Waals surface area contributed by atoms with Crippen LogP contribution in [0.15, 0.2) is 48.5 Å². The average molecular weight is 396 g/mol. The molecule has 0 aliphatic carbocycles. The molecule has 6 nitrogen and oxygen atoms in total. The first-order valence-corrected chi connectivity index (χ1v) is 10.1. The molecule has 3 rings (SSSR count). The summed E-state index contributed by atoms with van der Waals surface area (Å²) in [5, 5.41) is 2.92. The third-order valence-electron chi connectivity index (χ3n) is 4.79. The molecule has 0 unspecified atom stereocenters. The van der Waals surface area contributed by atoms with Crippen molar-refractivity contribution < 1.29 is 19.1 Å². The van der Waals surface area contributed by atoms with Crippen LogP contribution >= 0.6 is 0 Å². The standard InChI is InChI=1S/C23H28N2O4/c1-2-28-14-15-29-17-18-6-5-7-20(16-18)24-23(27)19-9-11-21(12-10-19)25-13-4-3-8-22(25)26/h5-7,9-12,16H,2-4,8,13-15,17H2,1H3,(H,24,27). The number of carbonyl (C=O) groups is 2. The molecule has 1 fully saturated rings. The molecule has 2 amide bonds. The van der Waals surface area contributed by atoms with Gasteiger partial charge in [0.05, 0.1) is 19.8 Å². The van der Waals surface area contributed by atoms with E-state index >= 15 is 0 Å². The molecule has 0 atom stereocenters. The van der Waals surface area contributed by atoms with Crippen LogP contribution in [0.25, 0.3) is 0 Å². The van der Waals surface area contributed by atoms with E-state index in [1.807, 2.05) is 43.3 Å². The number of ether oxygens (including phenoxy) is 2. The number of nitrogens with one attached hydrogen (secondary N) is 1. The van der Waals surface area contributed by atoms with Crippen molar-refractivity contribution in [3.05, 3.63) is 59.7 Å². The van der Waals surface area contributed by atoms with Crippen LogP contribution in [0.4, 0.5) is 11.4 Å². The van der Waals surface area contributed by atoms with Gasteiger partial charge in [-0.3, -0.25) is 9.59 Å². The molecule has 1 heterocycles. The zero-order valence-corrected chi connectivity index (χ0v) is 16.9. The Morgan fingerprint density at radius 1 is 1.07 bits per heavy atom. The van der Waals surface area contributed by atoms with Crippen molar-refractivity contribution in [1.29, 1.82) is 0 Å². The average Bonchev–Trinajstić information content (AvgIpc) is 2.74. The number of hydrogen-bond donors (Lipinski definition) is 1. The fourth-order valence-corrected chi connectivity index (χ4v) is 3.27. The topological polar surface area (TPSA) is 67.9 Å². The Kier molecular flexibility index (Phi) is 7.78. The molecule has 0 spiro atoms. The van der Waals surface area contributed by atoms with Gasteiger partial charge >= 0.3 is 0 Å². The summed E-state index contributed by atoms with van der Waals surface area (Å²) in [6, 6.07) is 14.8.